The van der Waals surface area contributed by atoms with Crippen LogP contribution in [0.1, 0.15) is 15.3 Å². The van der Waals surface area contributed by atoms with Gasteiger partial charge in [-0.25, -0.2) is 0 Å². The van der Waals surface area contributed by atoms with E-state index in [1.807, 2.05) is 11.8 Å². The Kier molecular flexibility index (Phi) is 2.37. The van der Waals surface area contributed by atoms with Gasteiger partial charge < -0.3 is 4.74 Å². The van der Waals surface area contributed by atoms with E-state index in [4.69, 9.17) is 0 Å². The molecule has 12 heavy (non-hydrogen) atoms. The molecular weight excluding hydrogens is 192 g/mol. The standard InChI is InChI=1S/C8H8O2S2/c9-5-10-2-7-1-6-3-11-4-8(6)12-7/h1,5H,2-4H2. The van der Waals surface area contributed by atoms with E-state index in [1.165, 1.54) is 10.4 Å². The maximum atomic E-state index is 9.93. The fourth-order valence-corrected chi connectivity index (χ4v) is 3.65. The van der Waals surface area contributed by atoms with E-state index in [2.05, 4.69) is 10.8 Å². The Balaban J connectivity index is 2.09. The Morgan fingerprint density at radius 1 is 1.58 bits per heavy atom. The highest BCUT2D eigenvalue weighted by Gasteiger charge is 2.14. The lowest BCUT2D eigenvalue weighted by Crippen LogP contribution is -1.85. The maximum Gasteiger partial charge on any atom is 0.293 e. The average molecular weight is 200 g/mol. The van der Waals surface area contributed by atoms with Crippen molar-refractivity contribution in [3.8, 4) is 0 Å². The Bertz CT molecular complexity index is 272. The van der Waals surface area contributed by atoms with Crippen LogP contribution in [0.5, 0.6) is 0 Å². The molecule has 1 aliphatic rings. The van der Waals surface area contributed by atoms with Gasteiger partial charge in [0.05, 0.1) is 0 Å². The molecule has 0 N–H and O–H groups in total. The number of fused-ring (bicyclic) bond motifs is 1. The summed E-state index contributed by atoms with van der Waals surface area (Å²) in [6, 6.07) is 2.14. The Morgan fingerprint density at radius 3 is 3.25 bits per heavy atom. The lowest BCUT2D eigenvalue weighted by molar-refractivity contribution is -0.129. The van der Waals surface area contributed by atoms with Crippen molar-refractivity contribution < 1.29 is 9.53 Å². The first-order chi connectivity index (χ1) is 5.90. The molecule has 2 nitrogen and oxygen atoms in total. The van der Waals surface area contributed by atoms with Gasteiger partial charge in [0.15, 0.2) is 0 Å². The quantitative estimate of drug-likeness (QED) is 0.699. The van der Waals surface area contributed by atoms with E-state index in [0.29, 0.717) is 13.1 Å². The van der Waals surface area contributed by atoms with Crippen LogP contribution in [0.4, 0.5) is 0 Å². The summed E-state index contributed by atoms with van der Waals surface area (Å²) in [6.07, 6.45) is 0. The largest absolute Gasteiger partial charge is 0.462 e. The summed E-state index contributed by atoms with van der Waals surface area (Å²) in [4.78, 5) is 12.5. The minimum Gasteiger partial charge on any atom is -0.462 e. The van der Waals surface area contributed by atoms with E-state index >= 15 is 0 Å². The maximum absolute atomic E-state index is 9.93. The van der Waals surface area contributed by atoms with Gasteiger partial charge in [0, 0.05) is 21.3 Å². The molecule has 4 heteroatoms. The Morgan fingerprint density at radius 2 is 2.50 bits per heavy atom. The molecule has 0 atom stereocenters. The molecule has 64 valence electrons. The van der Waals surface area contributed by atoms with Gasteiger partial charge in [-0.05, 0) is 11.6 Å². The van der Waals surface area contributed by atoms with Gasteiger partial charge in [-0.1, -0.05) is 0 Å². The zero-order valence-electron chi connectivity index (χ0n) is 6.41. The molecule has 2 heterocycles. The first-order valence-electron chi connectivity index (χ1n) is 3.63. The number of thioether (sulfide) groups is 1. The molecule has 0 aliphatic carbocycles. The van der Waals surface area contributed by atoms with Gasteiger partial charge in [-0.15, -0.1) is 11.3 Å². The molecule has 0 fully saturated rings. The summed E-state index contributed by atoms with van der Waals surface area (Å²) in [5.41, 5.74) is 1.43. The number of hydrogen-bond acceptors (Lipinski definition) is 4. The third kappa shape index (κ3) is 1.49. The monoisotopic (exact) mass is 200 g/mol. The van der Waals surface area contributed by atoms with Crippen molar-refractivity contribution in [3.63, 3.8) is 0 Å². The Hall–Kier alpha value is -0.480. The molecule has 1 aliphatic heterocycles. The zero-order chi connectivity index (χ0) is 8.39. The molecule has 0 saturated carbocycles. The number of thiophene rings is 1. The van der Waals surface area contributed by atoms with Crippen LogP contribution in [0.3, 0.4) is 0 Å². The fraction of sp³-hybridized carbons (Fsp3) is 0.375. The second-order valence-corrected chi connectivity index (χ2v) is 4.77. The van der Waals surface area contributed by atoms with E-state index in [-0.39, 0.29) is 0 Å². The Labute approximate surface area is 78.9 Å². The highest BCUT2D eigenvalue weighted by molar-refractivity contribution is 7.98. The number of ether oxygens (including phenoxy) is 1. The van der Waals surface area contributed by atoms with E-state index < -0.39 is 0 Å². The summed E-state index contributed by atoms with van der Waals surface area (Å²) in [5, 5.41) is 0. The molecule has 0 amide bonds. The summed E-state index contributed by atoms with van der Waals surface area (Å²) in [5.74, 6) is 2.24. The molecule has 0 unspecified atom stereocenters. The first kappa shape index (κ1) is 8.13. The lowest BCUT2D eigenvalue weighted by Gasteiger charge is -1.92. The smallest absolute Gasteiger partial charge is 0.293 e. The summed E-state index contributed by atoms with van der Waals surface area (Å²) in [6.45, 7) is 0.936. The fourth-order valence-electron chi connectivity index (χ4n) is 1.21. The number of hydrogen-bond donors (Lipinski definition) is 0. The lowest BCUT2D eigenvalue weighted by atomic mass is 10.3. The van der Waals surface area contributed by atoms with Crippen LogP contribution in [-0.2, 0) is 27.6 Å². The molecule has 1 aromatic heterocycles. The summed E-state index contributed by atoms with van der Waals surface area (Å²) in [7, 11) is 0. The normalized spacial score (nSPS) is 14.3. The molecule has 0 saturated heterocycles. The molecule has 0 radical (unpaired) electrons. The van der Waals surface area contributed by atoms with Crippen LogP contribution >= 0.6 is 23.1 Å². The van der Waals surface area contributed by atoms with Gasteiger partial charge in [-0.3, -0.25) is 4.79 Å². The number of carbonyl (C=O) groups excluding carboxylic acids is 1. The highest BCUT2D eigenvalue weighted by atomic mass is 32.2. The van der Waals surface area contributed by atoms with Crippen molar-refractivity contribution in [1.29, 1.82) is 0 Å². The molecule has 0 spiro atoms. The van der Waals surface area contributed by atoms with E-state index in [1.54, 1.807) is 11.3 Å². The van der Waals surface area contributed by atoms with Crippen molar-refractivity contribution in [2.24, 2.45) is 0 Å². The third-order valence-corrected chi connectivity index (χ3v) is 4.07. The van der Waals surface area contributed by atoms with E-state index in [0.717, 1.165) is 16.4 Å². The predicted octanol–water partition coefficient (Wildman–Crippen LogP) is 2.17. The van der Waals surface area contributed by atoms with Gasteiger partial charge in [-0.2, -0.15) is 11.8 Å². The van der Waals surface area contributed by atoms with Crippen LogP contribution in [0.25, 0.3) is 0 Å². The molecule has 1 aromatic rings. The van der Waals surface area contributed by atoms with Crippen LogP contribution < -0.4 is 0 Å². The topological polar surface area (TPSA) is 26.3 Å². The van der Waals surface area contributed by atoms with Gasteiger partial charge in [0.1, 0.15) is 6.61 Å². The SMILES string of the molecule is O=COCc1cc2c(s1)CSC2. The van der Waals surface area contributed by atoms with Crippen molar-refractivity contribution in [2.75, 3.05) is 0 Å². The summed E-state index contributed by atoms with van der Waals surface area (Å²) >= 11 is 3.70. The summed E-state index contributed by atoms with van der Waals surface area (Å²) < 4.78 is 4.68. The minimum absolute atomic E-state index is 0.436. The van der Waals surface area contributed by atoms with Crippen molar-refractivity contribution in [2.45, 2.75) is 18.1 Å². The van der Waals surface area contributed by atoms with Gasteiger partial charge >= 0.3 is 0 Å². The van der Waals surface area contributed by atoms with Crippen molar-refractivity contribution in [3.05, 3.63) is 21.4 Å². The van der Waals surface area contributed by atoms with Gasteiger partial charge in [0.25, 0.3) is 6.47 Å². The van der Waals surface area contributed by atoms with Gasteiger partial charge in [0.2, 0.25) is 0 Å². The van der Waals surface area contributed by atoms with Crippen molar-refractivity contribution >= 4 is 29.6 Å². The molecular formula is C8H8O2S2. The molecule has 0 aromatic carbocycles. The number of carbonyl (C=O) groups is 1. The molecule has 2 rings (SSSR count). The first-order valence-corrected chi connectivity index (χ1v) is 5.60. The van der Waals surface area contributed by atoms with Crippen LogP contribution in [0, 0.1) is 0 Å². The predicted molar refractivity (Wildman–Crippen MR) is 50.2 cm³/mol. The number of rotatable bonds is 3. The molecule has 0 bridgehead atoms. The van der Waals surface area contributed by atoms with Crippen LogP contribution in [-0.4, -0.2) is 6.47 Å². The van der Waals surface area contributed by atoms with Crippen molar-refractivity contribution in [1.82, 2.24) is 0 Å². The third-order valence-electron chi connectivity index (χ3n) is 1.73. The second-order valence-electron chi connectivity index (χ2n) is 2.56. The van der Waals surface area contributed by atoms with Crippen LogP contribution in [0.2, 0.25) is 0 Å². The highest BCUT2D eigenvalue weighted by Crippen LogP contribution is 2.36. The van der Waals surface area contributed by atoms with Crippen LogP contribution in [0.15, 0.2) is 6.07 Å². The van der Waals surface area contributed by atoms with E-state index in [9.17, 15) is 4.79 Å². The minimum atomic E-state index is 0.436. The zero-order valence-corrected chi connectivity index (χ0v) is 8.04. The second kappa shape index (κ2) is 3.49. The average Bonchev–Trinajstić information content (AvgIpc) is 2.58.